The predicted molar refractivity (Wildman–Crippen MR) is 73.5 cm³/mol. The number of anilines is 1. The van der Waals surface area contributed by atoms with Gasteiger partial charge in [0.15, 0.2) is 5.65 Å². The average Bonchev–Trinajstić information content (AvgIpc) is 2.74. The van der Waals surface area contributed by atoms with Gasteiger partial charge in [-0.2, -0.15) is 0 Å². The molecule has 1 aromatic carbocycles. The zero-order valence-electron chi connectivity index (χ0n) is 9.74. The molecule has 90 valence electrons. The summed E-state index contributed by atoms with van der Waals surface area (Å²) in [5.41, 5.74) is 9.70. The first-order chi connectivity index (χ1) is 8.63. The van der Waals surface area contributed by atoms with Crippen molar-refractivity contribution in [3.63, 3.8) is 0 Å². The minimum atomic E-state index is 0.611. The summed E-state index contributed by atoms with van der Waals surface area (Å²) in [5.74, 6) is 0.681. The number of hydrogen-bond donors (Lipinski definition) is 2. The zero-order valence-corrected chi connectivity index (χ0v) is 10.5. The van der Waals surface area contributed by atoms with Gasteiger partial charge in [0.2, 0.25) is 0 Å². The Balaban J connectivity index is 2.22. The summed E-state index contributed by atoms with van der Waals surface area (Å²) in [4.78, 5) is 12.0. The molecular formula is C13H11ClN4. The fourth-order valence-electron chi connectivity index (χ4n) is 1.84. The van der Waals surface area contributed by atoms with Crippen LogP contribution >= 0.6 is 11.6 Å². The maximum Gasteiger partial charge on any atom is 0.178 e. The molecular weight excluding hydrogens is 248 g/mol. The van der Waals surface area contributed by atoms with Crippen molar-refractivity contribution in [2.24, 2.45) is 0 Å². The quantitative estimate of drug-likeness (QED) is 0.659. The highest BCUT2D eigenvalue weighted by molar-refractivity contribution is 6.33. The number of H-pyrrole nitrogens is 1. The Hall–Kier alpha value is -2.07. The number of aryl methyl sites for hydroxylation is 1. The van der Waals surface area contributed by atoms with E-state index in [0.29, 0.717) is 22.2 Å². The number of nitrogens with zero attached hydrogens (tertiary/aromatic N) is 2. The highest BCUT2D eigenvalue weighted by atomic mass is 35.5. The van der Waals surface area contributed by atoms with Crippen LogP contribution in [0.2, 0.25) is 5.02 Å². The van der Waals surface area contributed by atoms with Crippen LogP contribution < -0.4 is 5.73 Å². The first kappa shape index (κ1) is 11.0. The standard InChI is InChI=1S/C13H11ClN4/c1-7-2-5-11-13(16-7)18-12(17-11)9-6-8(15)3-4-10(9)14/h2-6H,15H2,1H3,(H,16,17,18). The van der Waals surface area contributed by atoms with Gasteiger partial charge in [-0.05, 0) is 37.3 Å². The molecule has 0 atom stereocenters. The van der Waals surface area contributed by atoms with E-state index in [1.165, 1.54) is 0 Å². The van der Waals surface area contributed by atoms with Gasteiger partial charge in [0.05, 0.1) is 10.5 Å². The molecule has 0 aliphatic carbocycles. The molecule has 18 heavy (non-hydrogen) atoms. The number of nitrogens with one attached hydrogen (secondary N) is 1. The van der Waals surface area contributed by atoms with Gasteiger partial charge in [-0.3, -0.25) is 0 Å². The second-order valence-corrected chi connectivity index (χ2v) is 4.56. The largest absolute Gasteiger partial charge is 0.399 e. The van der Waals surface area contributed by atoms with E-state index in [4.69, 9.17) is 17.3 Å². The fraction of sp³-hybridized carbons (Fsp3) is 0.0769. The molecule has 2 aromatic heterocycles. The topological polar surface area (TPSA) is 67.6 Å². The first-order valence-electron chi connectivity index (χ1n) is 5.52. The van der Waals surface area contributed by atoms with Crippen LogP contribution in [0.5, 0.6) is 0 Å². The number of benzene rings is 1. The van der Waals surface area contributed by atoms with Gasteiger partial charge >= 0.3 is 0 Å². The predicted octanol–water partition coefficient (Wildman–Crippen LogP) is 3.17. The lowest BCUT2D eigenvalue weighted by Gasteiger charge is -2.01. The molecule has 4 nitrogen and oxygen atoms in total. The van der Waals surface area contributed by atoms with Crippen molar-refractivity contribution in [3.8, 4) is 11.4 Å². The van der Waals surface area contributed by atoms with E-state index >= 15 is 0 Å². The molecule has 0 aliphatic heterocycles. The Morgan fingerprint density at radius 1 is 1.17 bits per heavy atom. The van der Waals surface area contributed by atoms with Crippen LogP contribution in [0, 0.1) is 6.92 Å². The number of nitrogens with two attached hydrogens (primary N) is 1. The van der Waals surface area contributed by atoms with Crippen molar-refractivity contribution in [1.29, 1.82) is 0 Å². The van der Waals surface area contributed by atoms with Gasteiger partial charge in [-0.25, -0.2) is 9.97 Å². The molecule has 3 N–H and O–H groups in total. The van der Waals surface area contributed by atoms with Crippen molar-refractivity contribution in [3.05, 3.63) is 41.0 Å². The van der Waals surface area contributed by atoms with E-state index in [2.05, 4.69) is 15.0 Å². The molecule has 2 heterocycles. The van der Waals surface area contributed by atoms with Crippen molar-refractivity contribution in [2.75, 3.05) is 5.73 Å². The molecule has 5 heteroatoms. The zero-order chi connectivity index (χ0) is 12.7. The van der Waals surface area contributed by atoms with Crippen molar-refractivity contribution in [1.82, 2.24) is 15.0 Å². The van der Waals surface area contributed by atoms with Crippen LogP contribution in [0.3, 0.4) is 0 Å². The molecule has 0 bridgehead atoms. The Morgan fingerprint density at radius 2 is 2.00 bits per heavy atom. The number of nitrogen functional groups attached to an aromatic ring is 1. The van der Waals surface area contributed by atoms with E-state index in [1.807, 2.05) is 19.1 Å². The number of aromatic amines is 1. The first-order valence-corrected chi connectivity index (χ1v) is 5.90. The third kappa shape index (κ3) is 1.80. The van der Waals surface area contributed by atoms with Crippen molar-refractivity contribution >= 4 is 28.5 Å². The van der Waals surface area contributed by atoms with Crippen molar-refractivity contribution < 1.29 is 0 Å². The maximum absolute atomic E-state index is 6.15. The summed E-state index contributed by atoms with van der Waals surface area (Å²) in [6.45, 7) is 1.93. The lowest BCUT2D eigenvalue weighted by Crippen LogP contribution is -1.88. The second-order valence-electron chi connectivity index (χ2n) is 4.15. The summed E-state index contributed by atoms with van der Waals surface area (Å²) in [6.07, 6.45) is 0. The lowest BCUT2D eigenvalue weighted by atomic mass is 10.2. The van der Waals surface area contributed by atoms with Crippen LogP contribution in [0.4, 0.5) is 5.69 Å². The number of aromatic nitrogens is 3. The van der Waals surface area contributed by atoms with E-state index in [9.17, 15) is 0 Å². The molecule has 0 saturated heterocycles. The van der Waals surface area contributed by atoms with Gasteiger partial charge in [0.1, 0.15) is 5.82 Å². The highest BCUT2D eigenvalue weighted by Crippen LogP contribution is 2.28. The molecule has 0 aliphatic rings. The molecule has 0 spiro atoms. The van der Waals surface area contributed by atoms with E-state index in [-0.39, 0.29) is 0 Å². The number of pyridine rings is 1. The normalized spacial score (nSPS) is 11.0. The van der Waals surface area contributed by atoms with Crippen LogP contribution in [0.25, 0.3) is 22.6 Å². The molecule has 0 unspecified atom stereocenters. The molecule has 0 saturated carbocycles. The molecule has 3 aromatic rings. The SMILES string of the molecule is Cc1ccc2[nH]c(-c3cc(N)ccc3Cl)nc2n1. The summed E-state index contributed by atoms with van der Waals surface area (Å²) in [6, 6.07) is 9.21. The Kier molecular flexibility index (Phi) is 2.45. The van der Waals surface area contributed by atoms with Crippen molar-refractivity contribution in [2.45, 2.75) is 6.92 Å². The second kappa shape index (κ2) is 3.99. The number of halogens is 1. The summed E-state index contributed by atoms with van der Waals surface area (Å²) in [7, 11) is 0. The van der Waals surface area contributed by atoms with Gasteiger partial charge < -0.3 is 10.7 Å². The van der Waals surface area contributed by atoms with E-state index < -0.39 is 0 Å². The third-order valence-corrected chi connectivity index (χ3v) is 3.06. The van der Waals surface area contributed by atoms with Crippen LogP contribution in [0.15, 0.2) is 30.3 Å². The minimum absolute atomic E-state index is 0.611. The van der Waals surface area contributed by atoms with Gasteiger partial charge in [0, 0.05) is 16.9 Å². The smallest absolute Gasteiger partial charge is 0.178 e. The number of rotatable bonds is 1. The highest BCUT2D eigenvalue weighted by Gasteiger charge is 2.10. The monoisotopic (exact) mass is 258 g/mol. The fourth-order valence-corrected chi connectivity index (χ4v) is 2.05. The summed E-state index contributed by atoms with van der Waals surface area (Å²) < 4.78 is 0. The van der Waals surface area contributed by atoms with Crippen LogP contribution in [-0.4, -0.2) is 15.0 Å². The summed E-state index contributed by atoms with van der Waals surface area (Å²) >= 11 is 6.15. The lowest BCUT2D eigenvalue weighted by molar-refractivity contribution is 1.22. The Morgan fingerprint density at radius 3 is 2.83 bits per heavy atom. The molecule has 3 rings (SSSR count). The van der Waals surface area contributed by atoms with Crippen LogP contribution in [0.1, 0.15) is 5.69 Å². The Bertz CT molecular complexity index is 733. The van der Waals surface area contributed by atoms with E-state index in [0.717, 1.165) is 16.8 Å². The summed E-state index contributed by atoms with van der Waals surface area (Å²) in [5, 5.41) is 0.611. The molecule has 0 radical (unpaired) electrons. The van der Waals surface area contributed by atoms with Gasteiger partial charge in [0.25, 0.3) is 0 Å². The number of imidazole rings is 1. The molecule has 0 fully saturated rings. The third-order valence-electron chi connectivity index (χ3n) is 2.73. The number of hydrogen-bond acceptors (Lipinski definition) is 3. The average molecular weight is 259 g/mol. The molecule has 0 amide bonds. The Labute approximate surface area is 109 Å². The minimum Gasteiger partial charge on any atom is -0.399 e. The van der Waals surface area contributed by atoms with Crippen LogP contribution in [-0.2, 0) is 0 Å². The maximum atomic E-state index is 6.15. The van der Waals surface area contributed by atoms with E-state index in [1.54, 1.807) is 18.2 Å². The number of fused-ring (bicyclic) bond motifs is 1. The van der Waals surface area contributed by atoms with Gasteiger partial charge in [-0.1, -0.05) is 11.6 Å². The van der Waals surface area contributed by atoms with Gasteiger partial charge in [-0.15, -0.1) is 0 Å².